The van der Waals surface area contributed by atoms with Crippen molar-refractivity contribution in [2.75, 3.05) is 13.2 Å². The normalized spacial score (nSPS) is 27.4. The van der Waals surface area contributed by atoms with Crippen LogP contribution in [0.25, 0.3) is 10.9 Å². The van der Waals surface area contributed by atoms with Crippen molar-refractivity contribution in [1.29, 1.82) is 0 Å². The Morgan fingerprint density at radius 3 is 2.61 bits per heavy atom. The van der Waals surface area contributed by atoms with Crippen LogP contribution in [0, 0.1) is 0 Å². The number of carboxylic acids is 1. The van der Waals surface area contributed by atoms with Gasteiger partial charge in [-0.3, -0.25) is 0 Å². The van der Waals surface area contributed by atoms with Crippen molar-refractivity contribution in [1.82, 2.24) is 10.3 Å². The maximum absolute atomic E-state index is 11.3. The van der Waals surface area contributed by atoms with Gasteiger partial charge in [-0.25, -0.2) is 4.79 Å². The molecule has 2 aromatic rings. The zero-order chi connectivity index (χ0) is 22.7. The largest absolute Gasteiger partial charge is 0.486 e. The van der Waals surface area contributed by atoms with Crippen molar-refractivity contribution >= 4 is 16.9 Å². The van der Waals surface area contributed by atoms with Crippen LogP contribution in [-0.4, -0.2) is 92.5 Å². The molecule has 3 rings (SSSR count). The molecule has 1 saturated heterocycles. The van der Waals surface area contributed by atoms with Gasteiger partial charge in [-0.05, 0) is 18.2 Å². The highest BCUT2D eigenvalue weighted by atomic mass is 16.7. The quantitative estimate of drug-likeness (QED) is 0.261. The van der Waals surface area contributed by atoms with E-state index >= 15 is 0 Å². The molecule has 0 radical (unpaired) electrons. The van der Waals surface area contributed by atoms with Gasteiger partial charge >= 0.3 is 5.97 Å². The lowest BCUT2D eigenvalue weighted by Gasteiger charge is -2.38. The number of carboxylic acid groups (broad SMARTS) is 1. The van der Waals surface area contributed by atoms with Crippen molar-refractivity contribution < 1.29 is 44.5 Å². The second kappa shape index (κ2) is 9.81. The number of benzene rings is 1. The first-order valence-corrected chi connectivity index (χ1v) is 9.92. The third-order valence-electron chi connectivity index (χ3n) is 4.89. The van der Waals surface area contributed by atoms with Crippen molar-refractivity contribution in [3.8, 4) is 11.5 Å². The van der Waals surface area contributed by atoms with Gasteiger partial charge in [0.25, 0.3) is 0 Å². The number of aromatic nitrogens is 1. The number of rotatable bonds is 9. The second-order valence-corrected chi connectivity index (χ2v) is 7.71. The molecule has 0 spiro atoms. The highest BCUT2D eigenvalue weighted by Crippen LogP contribution is 2.37. The minimum Gasteiger partial charge on any atom is -0.486 e. The smallest absolute Gasteiger partial charge is 0.335 e. The van der Waals surface area contributed by atoms with Gasteiger partial charge in [0.15, 0.2) is 17.6 Å². The molecular weight excluding hydrogens is 412 g/mol. The lowest BCUT2D eigenvalue weighted by molar-refractivity contribution is -0.271. The Hall–Kier alpha value is -2.41. The van der Waals surface area contributed by atoms with Gasteiger partial charge in [-0.15, -0.1) is 0 Å². The van der Waals surface area contributed by atoms with Crippen LogP contribution >= 0.6 is 0 Å². The summed E-state index contributed by atoms with van der Waals surface area (Å²) >= 11 is 0. The van der Waals surface area contributed by atoms with E-state index in [1.165, 1.54) is 6.07 Å². The van der Waals surface area contributed by atoms with E-state index in [2.05, 4.69) is 10.3 Å². The molecule has 0 aliphatic carbocycles. The standard InChI is InChI=1S/C20H28N2O9/c1-9(2)22-7-10(23)8-29-17-11-5-6-21-12(11)3-4-13(17)30-20-16(26)14(24)15(25)18(31-20)19(27)28/h3-6,9-10,14-16,18,20-26H,7-8H2,1-2H3,(H,27,28)/t10?,14-,15-,16+,18-,20+/m0/s1. The maximum atomic E-state index is 11.3. The number of aliphatic hydroxyl groups is 4. The zero-order valence-electron chi connectivity index (χ0n) is 17.1. The van der Waals surface area contributed by atoms with Gasteiger partial charge in [-0.2, -0.15) is 0 Å². The molecule has 31 heavy (non-hydrogen) atoms. The van der Waals surface area contributed by atoms with E-state index in [9.17, 15) is 30.3 Å². The molecule has 1 aromatic carbocycles. The summed E-state index contributed by atoms with van der Waals surface area (Å²) in [6, 6.07) is 5.13. The van der Waals surface area contributed by atoms with Crippen LogP contribution in [0.1, 0.15) is 13.8 Å². The Bertz CT molecular complexity index is 887. The van der Waals surface area contributed by atoms with E-state index in [1.807, 2.05) is 13.8 Å². The fourth-order valence-corrected chi connectivity index (χ4v) is 3.21. The van der Waals surface area contributed by atoms with Crippen LogP contribution < -0.4 is 14.8 Å². The number of hydrogen-bond acceptors (Lipinski definition) is 9. The molecule has 11 nitrogen and oxygen atoms in total. The molecule has 2 heterocycles. The summed E-state index contributed by atoms with van der Waals surface area (Å²) in [5, 5.41) is 53.2. The third kappa shape index (κ3) is 5.26. The van der Waals surface area contributed by atoms with Crippen LogP contribution in [-0.2, 0) is 9.53 Å². The van der Waals surface area contributed by atoms with E-state index < -0.39 is 42.8 Å². The number of ether oxygens (including phenoxy) is 3. The van der Waals surface area contributed by atoms with E-state index in [4.69, 9.17) is 14.2 Å². The van der Waals surface area contributed by atoms with Crippen molar-refractivity contribution in [2.24, 2.45) is 0 Å². The molecular formula is C20H28N2O9. The van der Waals surface area contributed by atoms with E-state index in [1.54, 1.807) is 18.3 Å². The summed E-state index contributed by atoms with van der Waals surface area (Å²) < 4.78 is 16.6. The molecule has 7 N–H and O–H groups in total. The molecule has 1 fully saturated rings. The molecule has 1 aromatic heterocycles. The Balaban J connectivity index is 1.81. The molecule has 11 heteroatoms. The highest BCUT2D eigenvalue weighted by molar-refractivity contribution is 5.88. The van der Waals surface area contributed by atoms with E-state index in [0.29, 0.717) is 11.9 Å². The SMILES string of the molecule is CC(C)NCC(O)COc1c(O[C@@H]2O[C@H](C(=O)O)[C@@H](O)[C@H](O)[C@H]2O)ccc2[nH]ccc12. The fourth-order valence-electron chi connectivity index (χ4n) is 3.21. The second-order valence-electron chi connectivity index (χ2n) is 7.71. The first kappa shape index (κ1) is 23.3. The predicted octanol–water partition coefficient (Wildman–Crippen LogP) is -0.823. The van der Waals surface area contributed by atoms with Gasteiger partial charge in [0.05, 0.1) is 0 Å². The molecule has 0 bridgehead atoms. The first-order valence-electron chi connectivity index (χ1n) is 9.92. The van der Waals surface area contributed by atoms with Crippen molar-refractivity contribution in [2.45, 2.75) is 56.7 Å². The van der Waals surface area contributed by atoms with Crippen LogP contribution in [0.2, 0.25) is 0 Å². The lowest BCUT2D eigenvalue weighted by atomic mass is 9.99. The van der Waals surface area contributed by atoms with Gasteiger partial charge < -0.3 is 50.0 Å². The minimum absolute atomic E-state index is 0.0620. The molecule has 1 unspecified atom stereocenters. The Morgan fingerprint density at radius 2 is 1.94 bits per heavy atom. The number of fused-ring (bicyclic) bond motifs is 1. The van der Waals surface area contributed by atoms with Crippen LogP contribution in [0.4, 0.5) is 0 Å². The van der Waals surface area contributed by atoms with Crippen molar-refractivity contribution in [3.63, 3.8) is 0 Å². The summed E-state index contributed by atoms with van der Waals surface area (Å²) in [4.78, 5) is 14.3. The molecule has 6 atom stereocenters. The molecule has 172 valence electrons. The summed E-state index contributed by atoms with van der Waals surface area (Å²) in [5.41, 5.74) is 0.723. The average Bonchev–Trinajstić information content (AvgIpc) is 3.20. The number of aliphatic carboxylic acids is 1. The van der Waals surface area contributed by atoms with Gasteiger partial charge in [0.1, 0.15) is 31.0 Å². The molecule has 0 saturated carbocycles. The maximum Gasteiger partial charge on any atom is 0.335 e. The Morgan fingerprint density at radius 1 is 1.19 bits per heavy atom. The third-order valence-corrected chi connectivity index (χ3v) is 4.89. The average molecular weight is 440 g/mol. The highest BCUT2D eigenvalue weighted by Gasteiger charge is 2.48. The molecule has 0 amide bonds. The zero-order valence-corrected chi connectivity index (χ0v) is 17.1. The predicted molar refractivity (Wildman–Crippen MR) is 108 cm³/mol. The lowest BCUT2D eigenvalue weighted by Crippen LogP contribution is -2.61. The summed E-state index contributed by atoms with van der Waals surface area (Å²) in [5.74, 6) is -1.16. The van der Waals surface area contributed by atoms with Gasteiger partial charge in [0.2, 0.25) is 6.29 Å². The van der Waals surface area contributed by atoms with Crippen LogP contribution in [0.3, 0.4) is 0 Å². The fraction of sp³-hybridized carbons (Fsp3) is 0.550. The van der Waals surface area contributed by atoms with E-state index in [0.717, 1.165) is 5.52 Å². The summed E-state index contributed by atoms with van der Waals surface area (Å²) in [6.07, 6.45) is -7.80. The number of H-pyrrole nitrogens is 1. The number of carbonyl (C=O) groups is 1. The number of aromatic amines is 1. The Kier molecular flexibility index (Phi) is 7.36. The number of aliphatic hydroxyl groups excluding tert-OH is 4. The van der Waals surface area contributed by atoms with Crippen LogP contribution in [0.5, 0.6) is 11.5 Å². The Labute approximate surface area is 178 Å². The van der Waals surface area contributed by atoms with Gasteiger partial charge in [0, 0.05) is 29.7 Å². The van der Waals surface area contributed by atoms with Crippen molar-refractivity contribution in [3.05, 3.63) is 24.4 Å². The van der Waals surface area contributed by atoms with E-state index in [-0.39, 0.29) is 24.1 Å². The topological polar surface area (TPSA) is 174 Å². The van der Waals surface area contributed by atoms with Gasteiger partial charge in [-0.1, -0.05) is 13.8 Å². The molecule has 1 aliphatic heterocycles. The summed E-state index contributed by atoms with van der Waals surface area (Å²) in [7, 11) is 0. The number of hydrogen-bond donors (Lipinski definition) is 7. The summed E-state index contributed by atoms with van der Waals surface area (Å²) in [6.45, 7) is 4.15. The van der Waals surface area contributed by atoms with Crippen LogP contribution in [0.15, 0.2) is 24.4 Å². The minimum atomic E-state index is -1.82. The monoisotopic (exact) mass is 440 g/mol. The number of nitrogens with one attached hydrogen (secondary N) is 2. The first-order chi connectivity index (χ1) is 14.7. The molecule has 1 aliphatic rings.